The van der Waals surface area contributed by atoms with Crippen molar-refractivity contribution in [2.24, 2.45) is 0 Å². The Morgan fingerprint density at radius 3 is 2.82 bits per heavy atom. The van der Waals surface area contributed by atoms with E-state index in [2.05, 4.69) is 0 Å². The van der Waals surface area contributed by atoms with Gasteiger partial charge in [0.2, 0.25) is 0 Å². The van der Waals surface area contributed by atoms with Crippen molar-refractivity contribution in [1.82, 2.24) is 4.90 Å². The molecule has 1 amide bonds. The van der Waals surface area contributed by atoms with Crippen molar-refractivity contribution in [3.63, 3.8) is 0 Å². The average molecular weight is 254 g/mol. The minimum absolute atomic E-state index is 0.0319. The Bertz CT molecular complexity index is 380. The number of hydrogen-bond donors (Lipinski definition) is 0. The van der Waals surface area contributed by atoms with Crippen LogP contribution in [0.2, 0.25) is 0 Å². The lowest BCUT2D eigenvalue weighted by molar-refractivity contribution is 0.128. The molecule has 1 fully saturated rings. The fourth-order valence-electron chi connectivity index (χ4n) is 1.99. The van der Waals surface area contributed by atoms with Crippen LogP contribution in [0.3, 0.4) is 0 Å². The summed E-state index contributed by atoms with van der Waals surface area (Å²) in [6.07, 6.45) is 0.397. The van der Waals surface area contributed by atoms with E-state index in [9.17, 15) is 4.79 Å². The highest BCUT2D eigenvalue weighted by Gasteiger charge is 2.31. The zero-order valence-electron chi connectivity index (χ0n) is 9.80. The van der Waals surface area contributed by atoms with E-state index in [1.807, 2.05) is 37.3 Å². The fourth-order valence-corrected chi connectivity index (χ4v) is 2.19. The zero-order valence-corrected chi connectivity index (χ0v) is 10.6. The third-order valence-electron chi connectivity index (χ3n) is 2.75. The topological polar surface area (TPSA) is 29.5 Å². The maximum atomic E-state index is 11.6. The number of carbonyl (C=O) groups excluding carboxylic acids is 1. The molecule has 1 aromatic carbocycles. The summed E-state index contributed by atoms with van der Waals surface area (Å²) < 4.78 is 5.26. The minimum atomic E-state index is -0.240. The molecule has 2 unspecified atom stereocenters. The Labute approximate surface area is 106 Å². The van der Waals surface area contributed by atoms with Crippen LogP contribution in [0.4, 0.5) is 4.79 Å². The quantitative estimate of drug-likeness (QED) is 0.772. The molecule has 1 aliphatic rings. The molecule has 3 nitrogen and oxygen atoms in total. The van der Waals surface area contributed by atoms with E-state index in [0.717, 1.165) is 5.56 Å². The van der Waals surface area contributed by atoms with Crippen molar-refractivity contribution in [2.75, 3.05) is 6.54 Å². The Balaban J connectivity index is 1.92. The van der Waals surface area contributed by atoms with Gasteiger partial charge in [0.15, 0.2) is 0 Å². The van der Waals surface area contributed by atoms with Gasteiger partial charge in [-0.15, -0.1) is 11.6 Å². The molecule has 0 N–H and O–H groups in total. The van der Waals surface area contributed by atoms with Crippen LogP contribution in [-0.4, -0.2) is 29.0 Å². The molecular weight excluding hydrogens is 238 g/mol. The summed E-state index contributed by atoms with van der Waals surface area (Å²) in [6.45, 7) is 3.15. The van der Waals surface area contributed by atoms with Crippen molar-refractivity contribution in [2.45, 2.75) is 31.4 Å². The van der Waals surface area contributed by atoms with Crippen molar-refractivity contribution >= 4 is 17.7 Å². The van der Waals surface area contributed by atoms with Crippen molar-refractivity contribution in [1.29, 1.82) is 0 Å². The van der Waals surface area contributed by atoms with Crippen molar-refractivity contribution < 1.29 is 9.53 Å². The van der Waals surface area contributed by atoms with Crippen LogP contribution in [0, 0.1) is 0 Å². The van der Waals surface area contributed by atoms with Crippen LogP contribution in [0.15, 0.2) is 30.3 Å². The van der Waals surface area contributed by atoms with Gasteiger partial charge in [-0.1, -0.05) is 30.3 Å². The van der Waals surface area contributed by atoms with Gasteiger partial charge in [-0.25, -0.2) is 4.79 Å². The van der Waals surface area contributed by atoms with Crippen LogP contribution >= 0.6 is 11.6 Å². The predicted octanol–water partition coefficient (Wildman–Crippen LogP) is 3.02. The normalized spacial score (nSPS) is 21.4. The maximum absolute atomic E-state index is 11.6. The van der Waals surface area contributed by atoms with Gasteiger partial charge in [0.25, 0.3) is 0 Å². The molecule has 0 aromatic heterocycles. The number of hydrogen-bond acceptors (Lipinski definition) is 2. The summed E-state index contributed by atoms with van der Waals surface area (Å²) in [5, 5.41) is 0.0319. The second-order valence-corrected chi connectivity index (χ2v) is 5.13. The van der Waals surface area contributed by atoms with Crippen LogP contribution < -0.4 is 0 Å². The Kier molecular flexibility index (Phi) is 3.89. The first-order valence-corrected chi connectivity index (χ1v) is 6.22. The lowest BCUT2D eigenvalue weighted by Gasteiger charge is -2.13. The monoisotopic (exact) mass is 253 g/mol. The van der Waals surface area contributed by atoms with E-state index in [1.54, 1.807) is 4.90 Å². The number of rotatable bonds is 4. The third-order valence-corrected chi connectivity index (χ3v) is 2.93. The van der Waals surface area contributed by atoms with E-state index >= 15 is 0 Å². The third kappa shape index (κ3) is 3.37. The molecule has 0 radical (unpaired) electrons. The number of halogens is 1. The van der Waals surface area contributed by atoms with Gasteiger partial charge in [0, 0.05) is 18.3 Å². The Morgan fingerprint density at radius 2 is 2.18 bits per heavy atom. The molecule has 1 saturated heterocycles. The number of carbonyl (C=O) groups is 1. The molecule has 1 heterocycles. The molecule has 92 valence electrons. The Hall–Kier alpha value is -1.22. The molecule has 0 spiro atoms. The molecule has 0 bridgehead atoms. The lowest BCUT2D eigenvalue weighted by Crippen LogP contribution is -2.25. The second kappa shape index (κ2) is 5.41. The highest BCUT2D eigenvalue weighted by Crippen LogP contribution is 2.19. The molecule has 1 aromatic rings. The summed E-state index contributed by atoms with van der Waals surface area (Å²) >= 11 is 5.90. The molecule has 2 atom stereocenters. The number of amides is 1. The van der Waals surface area contributed by atoms with Gasteiger partial charge in [0.05, 0.1) is 6.54 Å². The number of benzene rings is 1. The summed E-state index contributed by atoms with van der Waals surface area (Å²) in [5.41, 5.74) is 1.11. The molecule has 1 aliphatic heterocycles. The van der Waals surface area contributed by atoms with Gasteiger partial charge in [0.1, 0.15) is 6.10 Å². The maximum Gasteiger partial charge on any atom is 0.410 e. The summed E-state index contributed by atoms with van der Waals surface area (Å²) in [5.74, 6) is 0. The van der Waals surface area contributed by atoms with E-state index in [-0.39, 0.29) is 17.6 Å². The highest BCUT2D eigenvalue weighted by molar-refractivity contribution is 6.20. The minimum Gasteiger partial charge on any atom is -0.444 e. The summed E-state index contributed by atoms with van der Waals surface area (Å²) in [4.78, 5) is 13.4. The van der Waals surface area contributed by atoms with E-state index < -0.39 is 0 Å². The molecule has 2 rings (SSSR count). The Morgan fingerprint density at radius 1 is 1.47 bits per heavy atom. The van der Waals surface area contributed by atoms with Gasteiger partial charge in [-0.3, -0.25) is 0 Å². The van der Waals surface area contributed by atoms with Crippen LogP contribution in [0.1, 0.15) is 18.9 Å². The van der Waals surface area contributed by atoms with Gasteiger partial charge >= 0.3 is 6.09 Å². The summed E-state index contributed by atoms with van der Waals surface area (Å²) in [6, 6.07) is 9.91. The first-order valence-electron chi connectivity index (χ1n) is 5.78. The van der Waals surface area contributed by atoms with Crippen molar-refractivity contribution in [3.05, 3.63) is 35.9 Å². The molecule has 0 aliphatic carbocycles. The first-order chi connectivity index (χ1) is 8.15. The van der Waals surface area contributed by atoms with Crippen molar-refractivity contribution in [3.8, 4) is 0 Å². The standard InChI is InChI=1S/C13H16ClNO2/c1-10(14)7-12-9-15(13(16)17-12)8-11-5-3-2-4-6-11/h2-6,10,12H,7-9H2,1H3. The molecule has 0 saturated carbocycles. The number of cyclic esters (lactones) is 1. The van der Waals surface area contributed by atoms with Crippen LogP contribution in [0.25, 0.3) is 0 Å². The highest BCUT2D eigenvalue weighted by atomic mass is 35.5. The SMILES string of the molecule is CC(Cl)CC1CN(Cc2ccccc2)C(=O)O1. The number of alkyl halides is 1. The van der Waals surface area contributed by atoms with Crippen LogP contribution in [-0.2, 0) is 11.3 Å². The average Bonchev–Trinajstić information content (AvgIpc) is 2.59. The molecule has 4 heteroatoms. The van der Waals surface area contributed by atoms with Gasteiger partial charge in [-0.2, -0.15) is 0 Å². The first kappa shape index (κ1) is 12.2. The lowest BCUT2D eigenvalue weighted by atomic mass is 10.2. The molecular formula is C13H16ClNO2. The second-order valence-electron chi connectivity index (χ2n) is 4.39. The number of nitrogens with zero attached hydrogens (tertiary/aromatic N) is 1. The van der Waals surface area contributed by atoms with E-state index in [4.69, 9.17) is 16.3 Å². The predicted molar refractivity (Wildman–Crippen MR) is 67.1 cm³/mol. The largest absolute Gasteiger partial charge is 0.444 e. The van der Waals surface area contributed by atoms with E-state index in [1.165, 1.54) is 0 Å². The fraction of sp³-hybridized carbons (Fsp3) is 0.462. The van der Waals surface area contributed by atoms with Crippen LogP contribution in [0.5, 0.6) is 0 Å². The number of ether oxygens (including phenoxy) is 1. The van der Waals surface area contributed by atoms with E-state index in [0.29, 0.717) is 19.5 Å². The molecule has 17 heavy (non-hydrogen) atoms. The smallest absolute Gasteiger partial charge is 0.410 e. The summed E-state index contributed by atoms with van der Waals surface area (Å²) in [7, 11) is 0. The zero-order chi connectivity index (χ0) is 12.3. The van der Waals surface area contributed by atoms with Gasteiger partial charge < -0.3 is 9.64 Å². The van der Waals surface area contributed by atoms with Gasteiger partial charge in [-0.05, 0) is 12.5 Å².